The van der Waals surface area contributed by atoms with Gasteiger partial charge in [0, 0.05) is 31.4 Å². The summed E-state index contributed by atoms with van der Waals surface area (Å²) in [5.41, 5.74) is 0.284. The van der Waals surface area contributed by atoms with Crippen molar-refractivity contribution in [1.29, 1.82) is 0 Å². The van der Waals surface area contributed by atoms with Gasteiger partial charge in [0.2, 0.25) is 0 Å². The van der Waals surface area contributed by atoms with Crippen LogP contribution in [0.2, 0.25) is 0 Å². The molecular formula is C11H20ClN3. The van der Waals surface area contributed by atoms with Crippen molar-refractivity contribution in [3.63, 3.8) is 0 Å². The van der Waals surface area contributed by atoms with E-state index in [-0.39, 0.29) is 5.41 Å². The zero-order chi connectivity index (χ0) is 11.1. The van der Waals surface area contributed by atoms with Gasteiger partial charge in [-0.3, -0.25) is 4.68 Å². The van der Waals surface area contributed by atoms with Crippen molar-refractivity contribution in [1.82, 2.24) is 15.1 Å². The van der Waals surface area contributed by atoms with Crippen LogP contribution >= 0.6 is 11.6 Å². The predicted octanol–water partition coefficient (Wildman–Crippen LogP) is 2.13. The van der Waals surface area contributed by atoms with Crippen LogP contribution in [0, 0.1) is 5.41 Å². The molecule has 0 aromatic carbocycles. The van der Waals surface area contributed by atoms with E-state index in [1.807, 2.05) is 16.9 Å². The molecule has 0 amide bonds. The number of aromatic nitrogens is 2. The minimum atomic E-state index is 0.284. The summed E-state index contributed by atoms with van der Waals surface area (Å²) in [6, 6.07) is 1.94. The first-order valence-corrected chi connectivity index (χ1v) is 5.92. The summed E-state index contributed by atoms with van der Waals surface area (Å²) < 4.78 is 1.93. The summed E-state index contributed by atoms with van der Waals surface area (Å²) >= 11 is 5.74. The molecule has 0 atom stereocenters. The predicted molar refractivity (Wildman–Crippen MR) is 64.2 cm³/mol. The van der Waals surface area contributed by atoms with Crippen molar-refractivity contribution in [2.24, 2.45) is 5.41 Å². The molecule has 0 aliphatic carbocycles. The summed E-state index contributed by atoms with van der Waals surface area (Å²) in [7, 11) is 0. The highest BCUT2D eigenvalue weighted by Gasteiger charge is 2.15. The fraction of sp³-hybridized carbons (Fsp3) is 0.727. The molecule has 1 aromatic heterocycles. The second kappa shape index (κ2) is 6.13. The van der Waals surface area contributed by atoms with Gasteiger partial charge < -0.3 is 5.32 Å². The minimum absolute atomic E-state index is 0.284. The topological polar surface area (TPSA) is 29.9 Å². The molecule has 1 N–H and O–H groups in total. The lowest BCUT2D eigenvalue weighted by molar-refractivity contribution is 0.326. The fourth-order valence-electron chi connectivity index (χ4n) is 1.40. The van der Waals surface area contributed by atoms with Gasteiger partial charge in [-0.15, -0.1) is 11.6 Å². The Bertz CT molecular complexity index is 257. The van der Waals surface area contributed by atoms with Crippen molar-refractivity contribution in [2.75, 3.05) is 19.0 Å². The van der Waals surface area contributed by atoms with E-state index in [1.54, 1.807) is 6.20 Å². The molecule has 1 aromatic rings. The highest BCUT2D eigenvalue weighted by Crippen LogP contribution is 2.19. The molecule has 15 heavy (non-hydrogen) atoms. The van der Waals surface area contributed by atoms with Gasteiger partial charge in [0.05, 0.1) is 6.54 Å². The number of hydrogen-bond donors (Lipinski definition) is 1. The maximum Gasteiger partial charge on any atom is 0.0533 e. The van der Waals surface area contributed by atoms with Gasteiger partial charge in [0.25, 0.3) is 0 Å². The average Bonchev–Trinajstić information content (AvgIpc) is 2.65. The molecule has 0 unspecified atom stereocenters. The maximum absolute atomic E-state index is 5.74. The van der Waals surface area contributed by atoms with Gasteiger partial charge in [-0.05, 0) is 17.9 Å². The van der Waals surface area contributed by atoms with E-state index in [1.165, 1.54) is 0 Å². The lowest BCUT2D eigenvalue weighted by Crippen LogP contribution is -2.32. The summed E-state index contributed by atoms with van der Waals surface area (Å²) in [4.78, 5) is 0. The Labute approximate surface area is 96.8 Å². The number of nitrogens with one attached hydrogen (secondary N) is 1. The van der Waals surface area contributed by atoms with Crippen LogP contribution in [0.15, 0.2) is 18.5 Å². The van der Waals surface area contributed by atoms with Crippen molar-refractivity contribution in [3.8, 4) is 0 Å². The molecule has 3 nitrogen and oxygen atoms in total. The van der Waals surface area contributed by atoms with E-state index in [0.717, 1.165) is 31.9 Å². The first kappa shape index (κ1) is 12.5. The third-order valence-electron chi connectivity index (χ3n) is 2.45. The van der Waals surface area contributed by atoms with Crippen LogP contribution in [-0.4, -0.2) is 28.8 Å². The molecule has 0 spiro atoms. The second-order valence-corrected chi connectivity index (χ2v) is 4.93. The standard InChI is InChI=1S/C11H20ClN3/c1-11(2,4-5-12)10-13-7-9-15-8-3-6-14-15/h3,6,8,13H,4-5,7,9-10H2,1-2H3. The summed E-state index contributed by atoms with van der Waals surface area (Å²) in [5, 5.41) is 7.57. The van der Waals surface area contributed by atoms with Crippen molar-refractivity contribution in [3.05, 3.63) is 18.5 Å². The quantitative estimate of drug-likeness (QED) is 0.574. The Morgan fingerprint density at radius 3 is 2.87 bits per heavy atom. The van der Waals surface area contributed by atoms with Crippen molar-refractivity contribution < 1.29 is 0 Å². The first-order valence-electron chi connectivity index (χ1n) is 5.38. The molecule has 0 aliphatic rings. The summed E-state index contributed by atoms with van der Waals surface area (Å²) in [6.07, 6.45) is 4.83. The number of alkyl halides is 1. The number of rotatable bonds is 7. The maximum atomic E-state index is 5.74. The SMILES string of the molecule is CC(C)(CCCl)CNCCn1cccn1. The normalized spacial score (nSPS) is 11.9. The van der Waals surface area contributed by atoms with Crippen LogP contribution in [0.3, 0.4) is 0 Å². The van der Waals surface area contributed by atoms with Gasteiger partial charge in [-0.2, -0.15) is 5.10 Å². The fourth-order valence-corrected chi connectivity index (χ4v) is 1.91. The Hall–Kier alpha value is -0.540. The van der Waals surface area contributed by atoms with Crippen molar-refractivity contribution in [2.45, 2.75) is 26.8 Å². The Balaban J connectivity index is 2.11. The number of hydrogen-bond acceptors (Lipinski definition) is 2. The van der Waals surface area contributed by atoms with Crippen molar-refractivity contribution >= 4 is 11.6 Å². The third-order valence-corrected chi connectivity index (χ3v) is 2.64. The lowest BCUT2D eigenvalue weighted by Gasteiger charge is -2.23. The lowest BCUT2D eigenvalue weighted by atomic mass is 9.90. The molecule has 1 rings (SSSR count). The molecule has 4 heteroatoms. The van der Waals surface area contributed by atoms with Crippen LogP contribution in [0.1, 0.15) is 20.3 Å². The molecule has 0 bridgehead atoms. The zero-order valence-electron chi connectivity index (χ0n) is 9.54. The van der Waals surface area contributed by atoms with E-state index < -0.39 is 0 Å². The largest absolute Gasteiger partial charge is 0.314 e. The molecule has 0 saturated carbocycles. The summed E-state index contributed by atoms with van der Waals surface area (Å²) in [6.45, 7) is 7.34. The molecule has 0 radical (unpaired) electrons. The molecule has 86 valence electrons. The molecular weight excluding hydrogens is 210 g/mol. The molecule has 0 aliphatic heterocycles. The van der Waals surface area contributed by atoms with E-state index in [9.17, 15) is 0 Å². The Morgan fingerprint density at radius 2 is 2.27 bits per heavy atom. The van der Waals surface area contributed by atoms with E-state index >= 15 is 0 Å². The minimum Gasteiger partial charge on any atom is -0.314 e. The Morgan fingerprint density at radius 1 is 1.47 bits per heavy atom. The van der Waals surface area contributed by atoms with Crippen LogP contribution in [0.5, 0.6) is 0 Å². The molecule has 0 saturated heterocycles. The monoisotopic (exact) mass is 229 g/mol. The van der Waals surface area contributed by atoms with Crippen LogP contribution in [0.25, 0.3) is 0 Å². The van der Waals surface area contributed by atoms with Gasteiger partial charge in [0.15, 0.2) is 0 Å². The molecule has 1 heterocycles. The van der Waals surface area contributed by atoms with E-state index in [2.05, 4.69) is 24.3 Å². The number of nitrogens with zero attached hydrogens (tertiary/aromatic N) is 2. The van der Waals surface area contributed by atoms with Crippen LogP contribution in [-0.2, 0) is 6.54 Å². The van der Waals surface area contributed by atoms with Gasteiger partial charge in [-0.1, -0.05) is 13.8 Å². The molecule has 0 fully saturated rings. The van der Waals surface area contributed by atoms with Crippen LogP contribution in [0.4, 0.5) is 0 Å². The Kier molecular flexibility index (Phi) is 5.12. The highest BCUT2D eigenvalue weighted by atomic mass is 35.5. The smallest absolute Gasteiger partial charge is 0.0533 e. The van der Waals surface area contributed by atoms with Gasteiger partial charge in [-0.25, -0.2) is 0 Å². The van der Waals surface area contributed by atoms with Gasteiger partial charge in [0.1, 0.15) is 0 Å². The average molecular weight is 230 g/mol. The zero-order valence-corrected chi connectivity index (χ0v) is 10.3. The highest BCUT2D eigenvalue weighted by molar-refractivity contribution is 6.17. The first-order chi connectivity index (χ1) is 7.14. The second-order valence-electron chi connectivity index (χ2n) is 4.55. The van der Waals surface area contributed by atoms with E-state index in [4.69, 9.17) is 11.6 Å². The summed E-state index contributed by atoms with van der Waals surface area (Å²) in [5.74, 6) is 0.730. The number of halogens is 1. The third kappa shape index (κ3) is 5.19. The van der Waals surface area contributed by atoms with Gasteiger partial charge >= 0.3 is 0 Å². The van der Waals surface area contributed by atoms with Crippen LogP contribution < -0.4 is 5.32 Å². The van der Waals surface area contributed by atoms with E-state index in [0.29, 0.717) is 0 Å².